The van der Waals surface area contributed by atoms with Gasteiger partial charge in [0.1, 0.15) is 0 Å². The van der Waals surface area contributed by atoms with Crippen LogP contribution in [0.4, 0.5) is 0 Å². The lowest BCUT2D eigenvalue weighted by Crippen LogP contribution is -2.29. The Kier molecular flexibility index (Phi) is 3.41. The molecule has 1 aromatic carbocycles. The molecule has 0 aliphatic heterocycles. The number of halogens is 1. The monoisotopic (exact) mass is 282 g/mol. The summed E-state index contributed by atoms with van der Waals surface area (Å²) < 4.78 is 1.23. The predicted octanol–water partition coefficient (Wildman–Crippen LogP) is 3.89. The number of benzene rings is 1. The van der Waals surface area contributed by atoms with Crippen LogP contribution in [0.3, 0.4) is 0 Å². The summed E-state index contributed by atoms with van der Waals surface area (Å²) in [4.78, 5) is 0. The normalized spacial score (nSPS) is 20.6. The van der Waals surface area contributed by atoms with E-state index in [1.807, 2.05) is 0 Å². The van der Waals surface area contributed by atoms with Crippen LogP contribution < -0.4 is 0 Å². The predicted molar refractivity (Wildman–Crippen MR) is 70.7 cm³/mol. The van der Waals surface area contributed by atoms with Crippen LogP contribution in [0.5, 0.6) is 0 Å². The fraction of sp³-hybridized carbons (Fsp3) is 0.571. The van der Waals surface area contributed by atoms with Crippen LogP contribution in [-0.4, -0.2) is 11.7 Å². The first kappa shape index (κ1) is 12.1. The second-order valence-corrected chi connectivity index (χ2v) is 6.25. The minimum atomic E-state index is -0.0179. The highest BCUT2D eigenvalue weighted by Gasteiger charge is 2.33. The fourth-order valence-corrected chi connectivity index (χ4v) is 3.31. The second kappa shape index (κ2) is 4.50. The minimum absolute atomic E-state index is 0.0179. The molecule has 2 heteroatoms. The zero-order valence-electron chi connectivity index (χ0n) is 9.96. The van der Waals surface area contributed by atoms with Gasteiger partial charge in [-0.15, -0.1) is 0 Å². The SMILES string of the molecule is CC(C)(CO)C1CCCc2c(Br)cccc21. The van der Waals surface area contributed by atoms with Crippen molar-refractivity contribution in [1.82, 2.24) is 0 Å². The van der Waals surface area contributed by atoms with Gasteiger partial charge in [-0.2, -0.15) is 0 Å². The quantitative estimate of drug-likeness (QED) is 0.873. The molecule has 1 atom stereocenters. The second-order valence-electron chi connectivity index (χ2n) is 5.40. The molecule has 2 rings (SSSR count). The Hall–Kier alpha value is -0.340. The third-order valence-electron chi connectivity index (χ3n) is 3.80. The van der Waals surface area contributed by atoms with Crippen LogP contribution in [-0.2, 0) is 6.42 Å². The van der Waals surface area contributed by atoms with Gasteiger partial charge in [0.15, 0.2) is 0 Å². The summed E-state index contributed by atoms with van der Waals surface area (Å²) in [5.41, 5.74) is 2.86. The van der Waals surface area contributed by atoms with Gasteiger partial charge in [0.25, 0.3) is 0 Å². The van der Waals surface area contributed by atoms with Crippen molar-refractivity contribution in [2.24, 2.45) is 5.41 Å². The fourth-order valence-electron chi connectivity index (χ4n) is 2.73. The van der Waals surface area contributed by atoms with Crippen molar-refractivity contribution in [3.8, 4) is 0 Å². The van der Waals surface area contributed by atoms with E-state index >= 15 is 0 Å². The Labute approximate surface area is 106 Å². The molecule has 1 N–H and O–H groups in total. The minimum Gasteiger partial charge on any atom is -0.396 e. The largest absolute Gasteiger partial charge is 0.396 e. The van der Waals surface area contributed by atoms with Crippen molar-refractivity contribution in [3.05, 3.63) is 33.8 Å². The van der Waals surface area contributed by atoms with Gasteiger partial charge in [-0.3, -0.25) is 0 Å². The van der Waals surface area contributed by atoms with Crippen LogP contribution in [0.25, 0.3) is 0 Å². The number of rotatable bonds is 2. The Balaban J connectivity index is 2.45. The number of fused-ring (bicyclic) bond motifs is 1. The Morgan fingerprint density at radius 2 is 2.19 bits per heavy atom. The summed E-state index contributed by atoms with van der Waals surface area (Å²) in [6.45, 7) is 4.57. The van der Waals surface area contributed by atoms with Crippen molar-refractivity contribution in [2.45, 2.75) is 39.0 Å². The molecular weight excluding hydrogens is 264 g/mol. The zero-order valence-corrected chi connectivity index (χ0v) is 11.5. The van der Waals surface area contributed by atoms with Gasteiger partial charge in [-0.1, -0.05) is 41.9 Å². The summed E-state index contributed by atoms with van der Waals surface area (Å²) >= 11 is 3.64. The Morgan fingerprint density at radius 3 is 2.88 bits per heavy atom. The third kappa shape index (κ3) is 2.05. The molecule has 1 aliphatic rings. The molecular formula is C14H19BrO. The first-order valence-corrected chi connectivity index (χ1v) is 6.73. The molecule has 0 radical (unpaired) electrons. The molecule has 0 fully saturated rings. The maximum atomic E-state index is 9.53. The van der Waals surface area contributed by atoms with Gasteiger partial charge in [-0.25, -0.2) is 0 Å². The van der Waals surface area contributed by atoms with E-state index in [0.29, 0.717) is 5.92 Å². The lowest BCUT2D eigenvalue weighted by molar-refractivity contribution is 0.122. The molecule has 88 valence electrons. The standard InChI is InChI=1S/C14H19BrO/c1-14(2,9-16)12-7-3-6-11-10(12)5-4-8-13(11)15/h4-5,8,12,16H,3,6-7,9H2,1-2H3. The van der Waals surface area contributed by atoms with Crippen LogP contribution in [0.2, 0.25) is 0 Å². The average molecular weight is 283 g/mol. The van der Waals surface area contributed by atoms with E-state index in [1.165, 1.54) is 28.4 Å². The molecule has 1 nitrogen and oxygen atoms in total. The molecule has 0 heterocycles. The highest BCUT2D eigenvalue weighted by molar-refractivity contribution is 9.10. The highest BCUT2D eigenvalue weighted by Crippen LogP contribution is 2.45. The molecule has 1 aliphatic carbocycles. The van der Waals surface area contributed by atoms with Gasteiger partial charge in [-0.05, 0) is 47.8 Å². The molecule has 0 amide bonds. The van der Waals surface area contributed by atoms with E-state index in [0.717, 1.165) is 6.42 Å². The number of aliphatic hydroxyl groups excluding tert-OH is 1. The Bertz CT molecular complexity index is 384. The lowest BCUT2D eigenvalue weighted by atomic mass is 9.69. The smallest absolute Gasteiger partial charge is 0.0487 e. The first-order chi connectivity index (χ1) is 7.56. The van der Waals surface area contributed by atoms with E-state index in [-0.39, 0.29) is 12.0 Å². The lowest BCUT2D eigenvalue weighted by Gasteiger charge is -2.37. The topological polar surface area (TPSA) is 20.2 Å². The van der Waals surface area contributed by atoms with Crippen molar-refractivity contribution in [1.29, 1.82) is 0 Å². The third-order valence-corrected chi connectivity index (χ3v) is 4.54. The van der Waals surface area contributed by atoms with E-state index in [1.54, 1.807) is 0 Å². The van der Waals surface area contributed by atoms with E-state index in [9.17, 15) is 5.11 Å². The van der Waals surface area contributed by atoms with Gasteiger partial charge in [0.2, 0.25) is 0 Å². The van der Waals surface area contributed by atoms with Crippen LogP contribution >= 0.6 is 15.9 Å². The van der Waals surface area contributed by atoms with Crippen LogP contribution in [0, 0.1) is 5.41 Å². The number of hydrogen-bond acceptors (Lipinski definition) is 1. The van der Waals surface area contributed by atoms with E-state index in [2.05, 4.69) is 48.0 Å². The first-order valence-electron chi connectivity index (χ1n) is 5.94. The molecule has 1 aromatic rings. The van der Waals surface area contributed by atoms with Gasteiger partial charge in [0, 0.05) is 11.1 Å². The molecule has 16 heavy (non-hydrogen) atoms. The molecule has 1 unspecified atom stereocenters. The van der Waals surface area contributed by atoms with Crippen molar-refractivity contribution < 1.29 is 5.11 Å². The Morgan fingerprint density at radius 1 is 1.44 bits per heavy atom. The number of hydrogen-bond donors (Lipinski definition) is 1. The summed E-state index contributed by atoms with van der Waals surface area (Å²) in [6, 6.07) is 6.45. The summed E-state index contributed by atoms with van der Waals surface area (Å²) in [5, 5.41) is 9.53. The average Bonchev–Trinajstić information content (AvgIpc) is 2.29. The number of aliphatic hydroxyl groups is 1. The highest BCUT2D eigenvalue weighted by atomic mass is 79.9. The summed E-state index contributed by atoms with van der Waals surface area (Å²) in [6.07, 6.45) is 3.58. The van der Waals surface area contributed by atoms with Gasteiger partial charge >= 0.3 is 0 Å². The summed E-state index contributed by atoms with van der Waals surface area (Å²) in [5.74, 6) is 0.485. The van der Waals surface area contributed by atoms with E-state index in [4.69, 9.17) is 0 Å². The molecule has 0 aromatic heterocycles. The van der Waals surface area contributed by atoms with Gasteiger partial charge < -0.3 is 5.11 Å². The van der Waals surface area contributed by atoms with Crippen LogP contribution in [0.15, 0.2) is 22.7 Å². The molecule has 0 saturated heterocycles. The van der Waals surface area contributed by atoms with Crippen LogP contribution in [0.1, 0.15) is 43.7 Å². The summed E-state index contributed by atoms with van der Waals surface area (Å²) in [7, 11) is 0. The molecule has 0 saturated carbocycles. The van der Waals surface area contributed by atoms with E-state index < -0.39 is 0 Å². The zero-order chi connectivity index (χ0) is 11.8. The van der Waals surface area contributed by atoms with Crippen molar-refractivity contribution in [2.75, 3.05) is 6.61 Å². The van der Waals surface area contributed by atoms with Crippen molar-refractivity contribution >= 4 is 15.9 Å². The molecule has 0 spiro atoms. The maximum absolute atomic E-state index is 9.53. The maximum Gasteiger partial charge on any atom is 0.0487 e. The van der Waals surface area contributed by atoms with Gasteiger partial charge in [0.05, 0.1) is 0 Å². The van der Waals surface area contributed by atoms with Crippen molar-refractivity contribution in [3.63, 3.8) is 0 Å². The molecule has 0 bridgehead atoms.